The Morgan fingerprint density at radius 3 is 2.23 bits per heavy atom. The van der Waals surface area contributed by atoms with Crippen molar-refractivity contribution in [3.8, 4) is 0 Å². The van der Waals surface area contributed by atoms with Gasteiger partial charge in [0.25, 0.3) is 0 Å². The van der Waals surface area contributed by atoms with Crippen LogP contribution >= 0.6 is 0 Å². The third-order valence-corrected chi connectivity index (χ3v) is 5.66. The summed E-state index contributed by atoms with van der Waals surface area (Å²) in [5, 5.41) is 6.12. The second-order valence-electron chi connectivity index (χ2n) is 7.47. The molecule has 0 bridgehead atoms. The van der Waals surface area contributed by atoms with Gasteiger partial charge in [0.1, 0.15) is 0 Å². The maximum atomic E-state index is 12.2. The van der Waals surface area contributed by atoms with Gasteiger partial charge in [0.2, 0.25) is 5.91 Å². The lowest BCUT2D eigenvalue weighted by molar-refractivity contribution is -0.127. The average Bonchev–Trinajstić information content (AvgIpc) is 3.11. The molecule has 2 fully saturated rings. The molecule has 1 aromatic rings. The van der Waals surface area contributed by atoms with Crippen LogP contribution in [0.1, 0.15) is 44.7 Å². The Balaban J connectivity index is 1.40. The van der Waals surface area contributed by atoms with Gasteiger partial charge in [-0.25, -0.2) is 4.79 Å². The molecule has 3 amide bonds. The molecule has 2 atom stereocenters. The van der Waals surface area contributed by atoms with E-state index in [0.29, 0.717) is 12.6 Å². The van der Waals surface area contributed by atoms with E-state index in [-0.39, 0.29) is 24.0 Å². The van der Waals surface area contributed by atoms with Crippen molar-refractivity contribution >= 4 is 11.9 Å². The van der Waals surface area contributed by atoms with E-state index >= 15 is 0 Å². The monoisotopic (exact) mass is 358 g/mol. The molecule has 2 aliphatic rings. The van der Waals surface area contributed by atoms with Crippen LogP contribution in [0, 0.1) is 0 Å². The SMILES string of the molecule is CC(=O)N1CC[C@H](NC(=O)NC2CCN([C@@H](C)c3ccccc3)CC2)C1. The molecule has 6 nitrogen and oxygen atoms in total. The van der Waals surface area contributed by atoms with Crippen molar-refractivity contribution in [3.05, 3.63) is 35.9 Å². The number of hydrogen-bond acceptors (Lipinski definition) is 3. The van der Waals surface area contributed by atoms with Crippen LogP contribution in [0.3, 0.4) is 0 Å². The molecule has 6 heteroatoms. The fourth-order valence-electron chi connectivity index (χ4n) is 3.95. The molecular weight excluding hydrogens is 328 g/mol. The summed E-state index contributed by atoms with van der Waals surface area (Å²) in [5.74, 6) is 0.0783. The zero-order valence-corrected chi connectivity index (χ0v) is 15.8. The van der Waals surface area contributed by atoms with Crippen LogP contribution in [0.5, 0.6) is 0 Å². The zero-order chi connectivity index (χ0) is 18.5. The summed E-state index contributed by atoms with van der Waals surface area (Å²) in [4.78, 5) is 27.9. The van der Waals surface area contributed by atoms with Crippen molar-refractivity contribution in [2.24, 2.45) is 0 Å². The smallest absolute Gasteiger partial charge is 0.315 e. The lowest BCUT2D eigenvalue weighted by atomic mass is 10.0. The molecule has 26 heavy (non-hydrogen) atoms. The molecule has 142 valence electrons. The summed E-state index contributed by atoms with van der Waals surface area (Å²) in [7, 11) is 0. The Morgan fingerprint density at radius 2 is 1.62 bits per heavy atom. The Hall–Kier alpha value is -2.08. The van der Waals surface area contributed by atoms with E-state index < -0.39 is 0 Å². The third-order valence-electron chi connectivity index (χ3n) is 5.66. The maximum Gasteiger partial charge on any atom is 0.315 e. The highest BCUT2D eigenvalue weighted by atomic mass is 16.2. The van der Waals surface area contributed by atoms with Gasteiger partial charge in [-0.1, -0.05) is 30.3 Å². The largest absolute Gasteiger partial charge is 0.341 e. The minimum absolute atomic E-state index is 0.0668. The molecule has 0 aliphatic carbocycles. The lowest BCUT2D eigenvalue weighted by Crippen LogP contribution is -2.50. The topological polar surface area (TPSA) is 64.7 Å². The molecule has 0 aromatic heterocycles. The van der Waals surface area contributed by atoms with Crippen molar-refractivity contribution in [3.63, 3.8) is 0 Å². The zero-order valence-electron chi connectivity index (χ0n) is 15.8. The van der Waals surface area contributed by atoms with Crippen LogP contribution in [0.2, 0.25) is 0 Å². The number of carbonyl (C=O) groups excluding carboxylic acids is 2. The van der Waals surface area contributed by atoms with E-state index in [9.17, 15) is 9.59 Å². The van der Waals surface area contributed by atoms with E-state index in [1.807, 2.05) is 6.07 Å². The standard InChI is InChI=1S/C20H30N4O2/c1-15(17-6-4-3-5-7-17)23-11-8-18(9-12-23)21-20(26)22-19-10-13-24(14-19)16(2)25/h3-7,15,18-19H,8-14H2,1-2H3,(H2,21,22,26)/t15-,19-/m0/s1. The molecule has 2 aliphatic heterocycles. The Bertz CT molecular complexity index is 613. The number of amides is 3. The first-order chi connectivity index (χ1) is 12.5. The molecule has 0 spiro atoms. The molecule has 3 rings (SSSR count). The second-order valence-corrected chi connectivity index (χ2v) is 7.47. The number of nitrogens with zero attached hydrogens (tertiary/aromatic N) is 2. The summed E-state index contributed by atoms with van der Waals surface area (Å²) < 4.78 is 0. The van der Waals surface area contributed by atoms with Crippen LogP contribution in [-0.2, 0) is 4.79 Å². The molecule has 2 saturated heterocycles. The number of nitrogens with one attached hydrogen (secondary N) is 2. The van der Waals surface area contributed by atoms with Crippen molar-refractivity contribution < 1.29 is 9.59 Å². The van der Waals surface area contributed by atoms with Crippen LogP contribution < -0.4 is 10.6 Å². The summed E-state index contributed by atoms with van der Waals surface area (Å²) in [6, 6.07) is 11.2. The van der Waals surface area contributed by atoms with E-state index in [2.05, 4.69) is 46.7 Å². The van der Waals surface area contributed by atoms with Crippen molar-refractivity contribution in [1.82, 2.24) is 20.4 Å². The third kappa shape index (κ3) is 4.75. The quantitative estimate of drug-likeness (QED) is 0.867. The van der Waals surface area contributed by atoms with Crippen LogP contribution in [0.25, 0.3) is 0 Å². The second kappa shape index (κ2) is 8.54. The summed E-state index contributed by atoms with van der Waals surface area (Å²) in [6.45, 7) is 7.15. The Labute approximate surface area is 155 Å². The molecule has 2 N–H and O–H groups in total. The fourth-order valence-corrected chi connectivity index (χ4v) is 3.95. The Kier molecular flexibility index (Phi) is 6.14. The molecule has 0 saturated carbocycles. The number of rotatable bonds is 4. The first-order valence-electron chi connectivity index (χ1n) is 9.64. The van der Waals surface area contributed by atoms with Crippen LogP contribution in [-0.4, -0.2) is 60.0 Å². The highest BCUT2D eigenvalue weighted by molar-refractivity contribution is 5.76. The van der Waals surface area contributed by atoms with Gasteiger partial charge in [0, 0.05) is 51.2 Å². The normalized spacial score (nSPS) is 22.8. The molecular formula is C20H30N4O2. The van der Waals surface area contributed by atoms with Gasteiger partial charge in [-0.3, -0.25) is 9.69 Å². The van der Waals surface area contributed by atoms with Gasteiger partial charge in [-0.05, 0) is 31.7 Å². The predicted molar refractivity (Wildman–Crippen MR) is 102 cm³/mol. The first kappa shape index (κ1) is 18.7. The fraction of sp³-hybridized carbons (Fsp3) is 0.600. The molecule has 0 radical (unpaired) electrons. The number of urea groups is 1. The minimum Gasteiger partial charge on any atom is -0.341 e. The van der Waals surface area contributed by atoms with E-state index in [1.165, 1.54) is 5.56 Å². The van der Waals surface area contributed by atoms with Gasteiger partial charge in [0.05, 0.1) is 0 Å². The van der Waals surface area contributed by atoms with Crippen LogP contribution in [0.15, 0.2) is 30.3 Å². The summed E-state index contributed by atoms with van der Waals surface area (Å²) in [6.07, 6.45) is 2.77. The van der Waals surface area contributed by atoms with Gasteiger partial charge < -0.3 is 15.5 Å². The highest BCUT2D eigenvalue weighted by Gasteiger charge is 2.27. The molecule has 2 heterocycles. The number of piperidine rings is 1. The molecule has 1 aromatic carbocycles. The number of benzene rings is 1. The highest BCUT2D eigenvalue weighted by Crippen LogP contribution is 2.24. The Morgan fingerprint density at radius 1 is 1.00 bits per heavy atom. The summed E-state index contributed by atoms with van der Waals surface area (Å²) >= 11 is 0. The minimum atomic E-state index is -0.102. The number of carbonyl (C=O) groups is 2. The number of likely N-dealkylation sites (tertiary alicyclic amines) is 2. The van der Waals surface area contributed by atoms with Gasteiger partial charge in [-0.2, -0.15) is 0 Å². The van der Waals surface area contributed by atoms with Gasteiger partial charge in [-0.15, -0.1) is 0 Å². The van der Waals surface area contributed by atoms with Gasteiger partial charge in [0.15, 0.2) is 0 Å². The van der Waals surface area contributed by atoms with Crippen molar-refractivity contribution in [2.45, 2.75) is 51.2 Å². The van der Waals surface area contributed by atoms with Crippen molar-refractivity contribution in [1.29, 1.82) is 0 Å². The van der Waals surface area contributed by atoms with Crippen LogP contribution in [0.4, 0.5) is 4.79 Å². The van der Waals surface area contributed by atoms with E-state index in [4.69, 9.17) is 0 Å². The predicted octanol–water partition coefficient (Wildman–Crippen LogP) is 2.13. The maximum absolute atomic E-state index is 12.2. The lowest BCUT2D eigenvalue weighted by Gasteiger charge is -2.36. The average molecular weight is 358 g/mol. The first-order valence-corrected chi connectivity index (χ1v) is 9.64. The molecule has 0 unspecified atom stereocenters. The summed E-state index contributed by atoms with van der Waals surface area (Å²) in [5.41, 5.74) is 1.34. The van der Waals surface area contributed by atoms with E-state index in [1.54, 1.807) is 11.8 Å². The van der Waals surface area contributed by atoms with E-state index in [0.717, 1.165) is 38.9 Å². The number of hydrogen-bond donors (Lipinski definition) is 2. The van der Waals surface area contributed by atoms with Gasteiger partial charge >= 0.3 is 6.03 Å². The van der Waals surface area contributed by atoms with Crippen molar-refractivity contribution in [2.75, 3.05) is 26.2 Å².